The Bertz CT molecular complexity index is 733. The zero-order valence-corrected chi connectivity index (χ0v) is 15.2. The van der Waals surface area contributed by atoms with E-state index >= 15 is 0 Å². The Morgan fingerprint density at radius 1 is 1.17 bits per heavy atom. The van der Waals surface area contributed by atoms with Gasteiger partial charge >= 0.3 is 0 Å². The van der Waals surface area contributed by atoms with Crippen LogP contribution >= 0.6 is 0 Å². The van der Waals surface area contributed by atoms with Crippen molar-refractivity contribution in [2.75, 3.05) is 25.9 Å². The van der Waals surface area contributed by atoms with E-state index < -0.39 is 25.9 Å². The van der Waals surface area contributed by atoms with Crippen molar-refractivity contribution in [3.05, 3.63) is 29.6 Å². The highest BCUT2D eigenvalue weighted by Gasteiger charge is 2.19. The third kappa shape index (κ3) is 6.17. The third-order valence-electron chi connectivity index (χ3n) is 3.31. The molecule has 0 aliphatic heterocycles. The molecule has 23 heavy (non-hydrogen) atoms. The van der Waals surface area contributed by atoms with Crippen LogP contribution in [0.3, 0.4) is 0 Å². The number of rotatable bonds is 9. The molecule has 0 amide bonds. The molecule has 0 atom stereocenters. The van der Waals surface area contributed by atoms with Crippen LogP contribution in [0.25, 0.3) is 0 Å². The van der Waals surface area contributed by atoms with Crippen LogP contribution in [-0.4, -0.2) is 47.0 Å². The molecule has 0 aromatic heterocycles. The molecule has 0 saturated heterocycles. The number of nitrogens with zero attached hydrogens (tertiary/aromatic N) is 1. The van der Waals surface area contributed by atoms with Crippen LogP contribution in [0, 0.1) is 12.7 Å². The molecular formula is C14H23FN2O4S2. The van der Waals surface area contributed by atoms with E-state index in [1.54, 1.807) is 0 Å². The van der Waals surface area contributed by atoms with Crippen LogP contribution in [0.1, 0.15) is 25.3 Å². The molecule has 0 unspecified atom stereocenters. The first kappa shape index (κ1) is 20.0. The van der Waals surface area contributed by atoms with E-state index in [1.165, 1.54) is 17.3 Å². The first-order valence-electron chi connectivity index (χ1n) is 7.29. The zero-order valence-electron chi connectivity index (χ0n) is 13.5. The molecule has 0 fully saturated rings. The monoisotopic (exact) mass is 366 g/mol. The summed E-state index contributed by atoms with van der Waals surface area (Å²) in [5.74, 6) is -0.510. The predicted molar refractivity (Wildman–Crippen MR) is 87.7 cm³/mol. The molecule has 0 aliphatic rings. The Balaban J connectivity index is 2.75. The number of hydrogen-bond donors (Lipinski definition) is 1. The fourth-order valence-electron chi connectivity index (χ4n) is 2.07. The van der Waals surface area contributed by atoms with Crippen molar-refractivity contribution in [3.63, 3.8) is 0 Å². The first-order chi connectivity index (χ1) is 10.6. The van der Waals surface area contributed by atoms with Crippen molar-refractivity contribution >= 4 is 20.0 Å². The van der Waals surface area contributed by atoms with Gasteiger partial charge in [0.15, 0.2) is 0 Å². The zero-order chi connectivity index (χ0) is 17.7. The standard InChI is InChI=1S/C14H23FN2O4S2/c1-4-5-9-17(22(3,18)19)10-8-16-23(20,21)14-7-6-13(15)11-12(14)2/h6-7,11,16H,4-5,8-10H2,1-3H3. The van der Waals surface area contributed by atoms with Gasteiger partial charge in [-0.15, -0.1) is 0 Å². The normalized spacial score (nSPS) is 12.7. The second kappa shape index (κ2) is 8.18. The summed E-state index contributed by atoms with van der Waals surface area (Å²) < 4.78 is 64.4. The molecule has 0 saturated carbocycles. The lowest BCUT2D eigenvalue weighted by Crippen LogP contribution is -2.38. The average Bonchev–Trinajstić information content (AvgIpc) is 2.40. The Morgan fingerprint density at radius 3 is 2.35 bits per heavy atom. The summed E-state index contributed by atoms with van der Waals surface area (Å²) >= 11 is 0. The van der Waals surface area contributed by atoms with Gasteiger partial charge in [0.05, 0.1) is 11.2 Å². The minimum atomic E-state index is -3.81. The van der Waals surface area contributed by atoms with Gasteiger partial charge in [-0.05, 0) is 37.1 Å². The Kier molecular flexibility index (Phi) is 7.12. The Morgan fingerprint density at radius 2 is 1.83 bits per heavy atom. The van der Waals surface area contributed by atoms with Gasteiger partial charge in [0.25, 0.3) is 0 Å². The van der Waals surface area contributed by atoms with Crippen molar-refractivity contribution in [1.29, 1.82) is 0 Å². The maximum Gasteiger partial charge on any atom is 0.240 e. The fourth-order valence-corrected chi connectivity index (χ4v) is 4.20. The van der Waals surface area contributed by atoms with E-state index in [9.17, 15) is 21.2 Å². The fraction of sp³-hybridized carbons (Fsp3) is 0.571. The molecule has 6 nitrogen and oxygen atoms in total. The molecule has 0 aliphatic carbocycles. The highest BCUT2D eigenvalue weighted by molar-refractivity contribution is 7.89. The van der Waals surface area contributed by atoms with E-state index in [0.717, 1.165) is 24.8 Å². The molecule has 1 aromatic rings. The number of aryl methyl sites for hydroxylation is 1. The quantitative estimate of drug-likeness (QED) is 0.717. The van der Waals surface area contributed by atoms with E-state index in [4.69, 9.17) is 0 Å². The SMILES string of the molecule is CCCCN(CCNS(=O)(=O)c1ccc(F)cc1C)S(C)(=O)=O. The lowest BCUT2D eigenvalue weighted by molar-refractivity contribution is 0.408. The van der Waals surface area contributed by atoms with Crippen molar-refractivity contribution in [1.82, 2.24) is 9.03 Å². The smallest absolute Gasteiger partial charge is 0.213 e. The third-order valence-corrected chi connectivity index (χ3v) is 6.23. The average molecular weight is 366 g/mol. The molecule has 132 valence electrons. The van der Waals surface area contributed by atoms with Gasteiger partial charge in [-0.1, -0.05) is 13.3 Å². The molecule has 9 heteroatoms. The van der Waals surface area contributed by atoms with Crippen molar-refractivity contribution in [2.24, 2.45) is 0 Å². The summed E-state index contributed by atoms with van der Waals surface area (Å²) in [7, 11) is -7.19. The van der Waals surface area contributed by atoms with Gasteiger partial charge in [0.1, 0.15) is 5.82 Å². The lowest BCUT2D eigenvalue weighted by atomic mass is 10.2. The van der Waals surface area contributed by atoms with Crippen LogP contribution in [0.5, 0.6) is 0 Å². The molecule has 0 heterocycles. The highest BCUT2D eigenvalue weighted by Crippen LogP contribution is 2.15. The molecular weight excluding hydrogens is 343 g/mol. The number of nitrogens with one attached hydrogen (secondary N) is 1. The Labute approximate surface area is 137 Å². The van der Waals surface area contributed by atoms with Gasteiger partial charge in [0, 0.05) is 19.6 Å². The van der Waals surface area contributed by atoms with Crippen molar-refractivity contribution in [3.8, 4) is 0 Å². The maximum atomic E-state index is 13.1. The number of halogens is 1. The summed E-state index contributed by atoms with van der Waals surface area (Å²) in [6, 6.07) is 3.41. The van der Waals surface area contributed by atoms with Gasteiger partial charge in [-0.2, -0.15) is 0 Å². The number of hydrogen-bond acceptors (Lipinski definition) is 4. The van der Waals surface area contributed by atoms with Crippen LogP contribution in [-0.2, 0) is 20.0 Å². The molecule has 1 rings (SSSR count). The molecule has 1 aromatic carbocycles. The van der Waals surface area contributed by atoms with Gasteiger partial charge in [-0.3, -0.25) is 0 Å². The summed E-state index contributed by atoms with van der Waals surface area (Å²) in [5.41, 5.74) is 0.295. The minimum absolute atomic E-state index is 0.0154. The van der Waals surface area contributed by atoms with E-state index in [-0.39, 0.29) is 18.0 Å². The largest absolute Gasteiger partial charge is 0.240 e. The van der Waals surface area contributed by atoms with Crippen LogP contribution < -0.4 is 4.72 Å². The first-order valence-corrected chi connectivity index (χ1v) is 10.6. The van der Waals surface area contributed by atoms with Gasteiger partial charge in [0.2, 0.25) is 20.0 Å². The highest BCUT2D eigenvalue weighted by atomic mass is 32.2. The molecule has 0 spiro atoms. The van der Waals surface area contributed by atoms with E-state index in [0.29, 0.717) is 18.5 Å². The number of unbranched alkanes of at least 4 members (excludes halogenated alkanes) is 1. The van der Waals surface area contributed by atoms with Crippen molar-refractivity contribution < 1.29 is 21.2 Å². The maximum absolute atomic E-state index is 13.1. The number of sulfonamides is 2. The summed E-state index contributed by atoms with van der Waals surface area (Å²) in [5, 5.41) is 0. The topological polar surface area (TPSA) is 83.6 Å². The second-order valence-electron chi connectivity index (χ2n) is 5.32. The predicted octanol–water partition coefficient (Wildman–Crippen LogP) is 1.47. The van der Waals surface area contributed by atoms with E-state index in [2.05, 4.69) is 4.72 Å². The van der Waals surface area contributed by atoms with Gasteiger partial charge in [-0.25, -0.2) is 30.3 Å². The Hall–Kier alpha value is -1.03. The minimum Gasteiger partial charge on any atom is -0.213 e. The van der Waals surface area contributed by atoms with Crippen LogP contribution in [0.2, 0.25) is 0 Å². The number of benzene rings is 1. The van der Waals surface area contributed by atoms with Gasteiger partial charge < -0.3 is 0 Å². The van der Waals surface area contributed by atoms with E-state index in [1.807, 2.05) is 6.92 Å². The van der Waals surface area contributed by atoms with Crippen LogP contribution in [0.4, 0.5) is 4.39 Å². The summed E-state index contributed by atoms with van der Waals surface area (Å²) in [6.07, 6.45) is 2.64. The summed E-state index contributed by atoms with van der Waals surface area (Å²) in [6.45, 7) is 3.81. The lowest BCUT2D eigenvalue weighted by Gasteiger charge is -2.20. The second-order valence-corrected chi connectivity index (χ2v) is 9.04. The van der Waals surface area contributed by atoms with Crippen molar-refractivity contribution in [2.45, 2.75) is 31.6 Å². The van der Waals surface area contributed by atoms with Crippen LogP contribution in [0.15, 0.2) is 23.1 Å². The molecule has 0 radical (unpaired) electrons. The summed E-state index contributed by atoms with van der Waals surface area (Å²) in [4.78, 5) is -0.0154. The molecule has 0 bridgehead atoms. The molecule has 1 N–H and O–H groups in total.